The average molecular weight is 368 g/mol. The highest BCUT2D eigenvalue weighted by molar-refractivity contribution is 5.96. The molecule has 1 atom stereocenters. The summed E-state index contributed by atoms with van der Waals surface area (Å²) in [6.45, 7) is 1.42. The molecule has 6 nitrogen and oxygen atoms in total. The van der Waals surface area contributed by atoms with E-state index < -0.39 is 0 Å². The van der Waals surface area contributed by atoms with Gasteiger partial charge in [0, 0.05) is 11.5 Å². The van der Waals surface area contributed by atoms with Crippen molar-refractivity contribution in [3.05, 3.63) is 53.1 Å². The van der Waals surface area contributed by atoms with Gasteiger partial charge in [-0.15, -0.1) is 0 Å². The minimum Gasteiger partial charge on any atom is -0.504 e. The average Bonchev–Trinajstić information content (AvgIpc) is 3.01. The first-order chi connectivity index (χ1) is 13.1. The van der Waals surface area contributed by atoms with E-state index in [4.69, 9.17) is 18.9 Å². The molecule has 0 bridgehead atoms. The monoisotopic (exact) mass is 368 g/mol. The van der Waals surface area contributed by atoms with Gasteiger partial charge in [-0.2, -0.15) is 0 Å². The maximum Gasteiger partial charge on any atom is 0.334 e. The molecule has 1 saturated heterocycles. The molecular weight excluding hydrogens is 348 g/mol. The molecule has 1 fully saturated rings. The molecule has 2 aromatic rings. The van der Waals surface area contributed by atoms with Crippen LogP contribution in [0.1, 0.15) is 11.1 Å². The van der Waals surface area contributed by atoms with Gasteiger partial charge in [0.15, 0.2) is 23.0 Å². The van der Waals surface area contributed by atoms with Crippen LogP contribution in [-0.2, 0) is 16.0 Å². The third kappa shape index (κ3) is 3.56. The Bertz CT molecular complexity index is 902. The molecular formula is C21H20O6. The molecule has 0 aliphatic carbocycles. The van der Waals surface area contributed by atoms with Crippen molar-refractivity contribution in [1.29, 1.82) is 0 Å². The summed E-state index contributed by atoms with van der Waals surface area (Å²) in [6.07, 6.45) is 2.41. The van der Waals surface area contributed by atoms with E-state index in [-0.39, 0.29) is 17.6 Å². The standard InChI is InChI=1S/C21H20O6/c1-24-18-4-2-14(10-17(18)22)9-16-15(12-27-21(16)23)8-13-3-5-19-20(11-13)26-7-6-25-19/h2-5,9-11,15,22H,6-8,12H2,1H3/b16-9-/t15-/m1/s1. The minimum absolute atomic E-state index is 0.0293. The Morgan fingerprint density at radius 1 is 1.11 bits per heavy atom. The van der Waals surface area contributed by atoms with Gasteiger partial charge in [-0.05, 0) is 47.9 Å². The fourth-order valence-electron chi connectivity index (χ4n) is 3.34. The number of carbonyl (C=O) groups is 1. The summed E-state index contributed by atoms with van der Waals surface area (Å²) in [5, 5.41) is 9.95. The Balaban J connectivity index is 1.57. The zero-order valence-corrected chi connectivity index (χ0v) is 14.9. The highest BCUT2D eigenvalue weighted by Crippen LogP contribution is 2.34. The first kappa shape index (κ1) is 17.3. The van der Waals surface area contributed by atoms with E-state index in [2.05, 4.69) is 0 Å². The Labute approximate surface area is 156 Å². The van der Waals surface area contributed by atoms with Gasteiger partial charge >= 0.3 is 5.97 Å². The number of benzene rings is 2. The normalized spacial score (nSPS) is 19.8. The van der Waals surface area contributed by atoms with Crippen LogP contribution < -0.4 is 14.2 Å². The van der Waals surface area contributed by atoms with Crippen molar-refractivity contribution in [3.8, 4) is 23.0 Å². The van der Waals surface area contributed by atoms with Gasteiger partial charge in [0.1, 0.15) is 13.2 Å². The summed E-state index contributed by atoms with van der Waals surface area (Å²) in [6, 6.07) is 10.8. The van der Waals surface area contributed by atoms with Crippen LogP contribution in [0.15, 0.2) is 42.0 Å². The summed E-state index contributed by atoms with van der Waals surface area (Å²) in [7, 11) is 1.49. The van der Waals surface area contributed by atoms with Crippen molar-refractivity contribution in [2.45, 2.75) is 6.42 Å². The second kappa shape index (κ2) is 7.23. The second-order valence-electron chi connectivity index (χ2n) is 6.51. The highest BCUT2D eigenvalue weighted by Gasteiger charge is 2.31. The number of phenolic OH excluding ortho intramolecular Hbond substituents is 1. The van der Waals surface area contributed by atoms with E-state index in [1.165, 1.54) is 7.11 Å². The zero-order chi connectivity index (χ0) is 18.8. The number of rotatable bonds is 4. The van der Waals surface area contributed by atoms with Crippen LogP contribution >= 0.6 is 0 Å². The van der Waals surface area contributed by atoms with Crippen molar-refractivity contribution < 1.29 is 28.8 Å². The maximum absolute atomic E-state index is 12.2. The largest absolute Gasteiger partial charge is 0.504 e. The Hall–Kier alpha value is -3.15. The molecule has 0 unspecified atom stereocenters. The lowest BCUT2D eigenvalue weighted by Gasteiger charge is -2.19. The number of cyclic esters (lactones) is 1. The van der Waals surface area contributed by atoms with Crippen molar-refractivity contribution >= 4 is 12.0 Å². The molecule has 2 heterocycles. The van der Waals surface area contributed by atoms with Gasteiger partial charge in [0.2, 0.25) is 0 Å². The van der Waals surface area contributed by atoms with Gasteiger partial charge in [-0.1, -0.05) is 12.1 Å². The van der Waals surface area contributed by atoms with Gasteiger partial charge in [0.25, 0.3) is 0 Å². The van der Waals surface area contributed by atoms with Crippen molar-refractivity contribution in [1.82, 2.24) is 0 Å². The first-order valence-corrected chi connectivity index (χ1v) is 8.78. The number of methoxy groups -OCH3 is 1. The van der Waals surface area contributed by atoms with E-state index in [1.54, 1.807) is 24.3 Å². The Morgan fingerprint density at radius 3 is 2.70 bits per heavy atom. The topological polar surface area (TPSA) is 74.2 Å². The smallest absolute Gasteiger partial charge is 0.334 e. The fraction of sp³-hybridized carbons (Fsp3) is 0.286. The van der Waals surface area contributed by atoms with Crippen LogP contribution in [-0.4, -0.2) is 38.0 Å². The molecule has 6 heteroatoms. The van der Waals surface area contributed by atoms with Gasteiger partial charge in [-0.3, -0.25) is 0 Å². The Morgan fingerprint density at radius 2 is 1.93 bits per heavy atom. The third-order valence-electron chi connectivity index (χ3n) is 4.70. The highest BCUT2D eigenvalue weighted by atomic mass is 16.6. The number of carbonyl (C=O) groups excluding carboxylic acids is 1. The second-order valence-corrected chi connectivity index (χ2v) is 6.51. The van der Waals surface area contributed by atoms with Crippen LogP contribution in [0.3, 0.4) is 0 Å². The van der Waals surface area contributed by atoms with E-state index >= 15 is 0 Å². The molecule has 2 aromatic carbocycles. The molecule has 0 amide bonds. The quantitative estimate of drug-likeness (QED) is 0.661. The summed E-state index contributed by atoms with van der Waals surface area (Å²) in [5.74, 6) is 1.50. The predicted molar refractivity (Wildman–Crippen MR) is 98.2 cm³/mol. The van der Waals surface area contributed by atoms with Crippen LogP contribution in [0, 0.1) is 5.92 Å². The molecule has 0 saturated carbocycles. The molecule has 2 aliphatic heterocycles. The number of fused-ring (bicyclic) bond motifs is 1. The summed E-state index contributed by atoms with van der Waals surface area (Å²) in [4.78, 5) is 12.2. The minimum atomic E-state index is -0.326. The molecule has 140 valence electrons. The van der Waals surface area contributed by atoms with E-state index in [9.17, 15) is 9.90 Å². The van der Waals surface area contributed by atoms with E-state index in [1.807, 2.05) is 18.2 Å². The lowest BCUT2D eigenvalue weighted by atomic mass is 9.92. The number of esters is 1. The molecule has 0 aromatic heterocycles. The van der Waals surface area contributed by atoms with Gasteiger partial charge in [0.05, 0.1) is 13.7 Å². The van der Waals surface area contributed by atoms with Crippen LogP contribution in [0.4, 0.5) is 0 Å². The number of aromatic hydroxyl groups is 1. The molecule has 2 aliphatic rings. The SMILES string of the molecule is COc1ccc(/C=C2\C(=O)OC[C@H]2Cc2ccc3c(c2)OCCO3)cc1O. The fourth-order valence-corrected chi connectivity index (χ4v) is 3.34. The number of hydrogen-bond acceptors (Lipinski definition) is 6. The number of phenols is 1. The van der Waals surface area contributed by atoms with Crippen LogP contribution in [0.25, 0.3) is 6.08 Å². The summed E-state index contributed by atoms with van der Waals surface area (Å²) in [5.41, 5.74) is 2.36. The lowest BCUT2D eigenvalue weighted by Crippen LogP contribution is -2.15. The molecule has 4 rings (SSSR count). The molecule has 1 N–H and O–H groups in total. The van der Waals surface area contributed by atoms with E-state index in [0.29, 0.717) is 43.1 Å². The lowest BCUT2D eigenvalue weighted by molar-refractivity contribution is -0.135. The van der Waals surface area contributed by atoms with E-state index in [0.717, 1.165) is 17.1 Å². The Kier molecular flexibility index (Phi) is 4.62. The van der Waals surface area contributed by atoms with Gasteiger partial charge < -0.3 is 24.1 Å². The number of ether oxygens (including phenoxy) is 4. The van der Waals surface area contributed by atoms with Crippen LogP contribution in [0.2, 0.25) is 0 Å². The van der Waals surface area contributed by atoms with Crippen molar-refractivity contribution in [2.75, 3.05) is 26.9 Å². The molecule has 0 spiro atoms. The summed E-state index contributed by atoms with van der Waals surface area (Å²) >= 11 is 0. The van der Waals surface area contributed by atoms with Crippen LogP contribution in [0.5, 0.6) is 23.0 Å². The first-order valence-electron chi connectivity index (χ1n) is 8.78. The van der Waals surface area contributed by atoms with Crippen molar-refractivity contribution in [3.63, 3.8) is 0 Å². The zero-order valence-electron chi connectivity index (χ0n) is 14.9. The number of hydrogen-bond donors (Lipinski definition) is 1. The maximum atomic E-state index is 12.2. The molecule has 0 radical (unpaired) electrons. The predicted octanol–water partition coefficient (Wildman–Crippen LogP) is 2.97. The van der Waals surface area contributed by atoms with Gasteiger partial charge in [-0.25, -0.2) is 4.79 Å². The summed E-state index contributed by atoms with van der Waals surface area (Å²) < 4.78 is 21.5. The third-order valence-corrected chi connectivity index (χ3v) is 4.70. The molecule has 27 heavy (non-hydrogen) atoms. The van der Waals surface area contributed by atoms with Crippen molar-refractivity contribution in [2.24, 2.45) is 5.92 Å².